The van der Waals surface area contributed by atoms with Gasteiger partial charge in [0, 0.05) is 11.4 Å². The van der Waals surface area contributed by atoms with Gasteiger partial charge in [0.1, 0.15) is 24.7 Å². The molecule has 1 aromatic carbocycles. The molecule has 0 radical (unpaired) electrons. The van der Waals surface area contributed by atoms with Crippen LogP contribution in [0.1, 0.15) is 37.3 Å². The summed E-state index contributed by atoms with van der Waals surface area (Å²) in [5, 5.41) is 0.689. The minimum atomic E-state index is -0.380. The van der Waals surface area contributed by atoms with Gasteiger partial charge in [-0.3, -0.25) is 4.79 Å². The van der Waals surface area contributed by atoms with Crippen LogP contribution in [0.15, 0.2) is 24.2 Å². The zero-order valence-electron chi connectivity index (χ0n) is 16.3. The van der Waals surface area contributed by atoms with E-state index in [4.69, 9.17) is 30.5 Å². The van der Waals surface area contributed by atoms with Crippen LogP contribution in [-0.2, 0) is 23.8 Å². The first kappa shape index (κ1) is 20.7. The van der Waals surface area contributed by atoms with Crippen LogP contribution in [0.4, 0.5) is 0 Å². The van der Waals surface area contributed by atoms with Gasteiger partial charge in [-0.2, -0.15) is 0 Å². The van der Waals surface area contributed by atoms with Crippen molar-refractivity contribution in [2.24, 2.45) is 5.92 Å². The molecule has 1 aliphatic heterocycles. The van der Waals surface area contributed by atoms with Crippen molar-refractivity contribution in [3.8, 4) is 5.75 Å². The highest BCUT2D eigenvalue weighted by atomic mass is 35.5. The third-order valence-corrected chi connectivity index (χ3v) is 5.65. The molecule has 152 valence electrons. The molecule has 1 heterocycles. The molecule has 3 atom stereocenters. The molecule has 0 aromatic heterocycles. The maximum atomic E-state index is 12.8. The number of ether oxygens (including phenoxy) is 4. The van der Waals surface area contributed by atoms with E-state index in [1.165, 1.54) is 6.26 Å². The fraction of sp³-hybridized carbons (Fsp3) is 0.524. The summed E-state index contributed by atoms with van der Waals surface area (Å²) >= 11 is 6.19. The molecule has 1 saturated carbocycles. The first-order valence-corrected chi connectivity index (χ1v) is 9.88. The van der Waals surface area contributed by atoms with Crippen molar-refractivity contribution in [2.45, 2.75) is 52.2 Å². The summed E-state index contributed by atoms with van der Waals surface area (Å²) in [5.74, 6) is 0.0532. The van der Waals surface area contributed by atoms with Gasteiger partial charge in [-0.1, -0.05) is 11.6 Å². The Morgan fingerprint density at radius 3 is 2.64 bits per heavy atom. The lowest BCUT2D eigenvalue weighted by Gasteiger charge is -2.37. The average Bonchev–Trinajstić information content (AvgIpc) is 2.67. The predicted molar refractivity (Wildman–Crippen MR) is 103 cm³/mol. The standard InChI is InChI=1S/C21H25ClO6/c1-4-25-19(23)11-26-14-5-6-16-17(9-14)27-10-18(21(16)24)28-15-7-12(2)20(22)13(3)8-15/h7-8,10,14,16-17H,4-6,9,11H2,1-3H3. The molecule has 28 heavy (non-hydrogen) atoms. The van der Waals surface area contributed by atoms with Crippen molar-refractivity contribution in [3.63, 3.8) is 0 Å². The first-order valence-electron chi connectivity index (χ1n) is 9.50. The van der Waals surface area contributed by atoms with Crippen LogP contribution in [0.2, 0.25) is 5.02 Å². The fourth-order valence-electron chi connectivity index (χ4n) is 3.64. The van der Waals surface area contributed by atoms with Gasteiger partial charge in [-0.05, 0) is 56.9 Å². The smallest absolute Gasteiger partial charge is 0.332 e. The number of carbonyl (C=O) groups is 2. The molecule has 6 nitrogen and oxygen atoms in total. The number of hydrogen-bond acceptors (Lipinski definition) is 6. The van der Waals surface area contributed by atoms with E-state index >= 15 is 0 Å². The van der Waals surface area contributed by atoms with E-state index in [0.29, 0.717) is 36.6 Å². The van der Waals surface area contributed by atoms with Gasteiger partial charge in [-0.15, -0.1) is 0 Å². The lowest BCUT2D eigenvalue weighted by Crippen LogP contribution is -2.42. The van der Waals surface area contributed by atoms with Crippen LogP contribution in [0.3, 0.4) is 0 Å². The second-order valence-electron chi connectivity index (χ2n) is 7.15. The zero-order valence-corrected chi connectivity index (χ0v) is 17.1. The Morgan fingerprint density at radius 2 is 1.96 bits per heavy atom. The number of carbonyl (C=O) groups excluding carboxylic acids is 2. The molecule has 1 aromatic rings. The lowest BCUT2D eigenvalue weighted by atomic mass is 9.80. The molecule has 0 spiro atoms. The van der Waals surface area contributed by atoms with Crippen LogP contribution in [0.5, 0.6) is 5.75 Å². The van der Waals surface area contributed by atoms with E-state index in [-0.39, 0.29) is 42.2 Å². The van der Waals surface area contributed by atoms with Crippen LogP contribution in [-0.4, -0.2) is 37.2 Å². The lowest BCUT2D eigenvalue weighted by molar-refractivity contribution is -0.154. The SMILES string of the molecule is CCOC(=O)COC1CCC2C(=O)C(Oc3cc(C)c(Cl)c(C)c3)=COC2C1. The summed E-state index contributed by atoms with van der Waals surface area (Å²) < 4.78 is 22.1. The summed E-state index contributed by atoms with van der Waals surface area (Å²) in [6.07, 6.45) is 2.85. The third-order valence-electron chi connectivity index (χ3n) is 5.05. The number of benzene rings is 1. The highest BCUT2D eigenvalue weighted by molar-refractivity contribution is 6.32. The normalized spacial score (nSPS) is 24.1. The number of esters is 1. The summed E-state index contributed by atoms with van der Waals surface area (Å²) in [6.45, 7) is 5.79. The molecule has 3 rings (SSSR count). The quantitative estimate of drug-likeness (QED) is 0.665. The molecular formula is C21H25ClO6. The minimum absolute atomic E-state index is 0.0645. The Labute approximate surface area is 169 Å². The number of rotatable bonds is 6. The van der Waals surface area contributed by atoms with Gasteiger partial charge >= 0.3 is 5.97 Å². The van der Waals surface area contributed by atoms with Gasteiger partial charge in [0.25, 0.3) is 0 Å². The van der Waals surface area contributed by atoms with Gasteiger partial charge in [0.2, 0.25) is 11.5 Å². The minimum Gasteiger partial charge on any atom is -0.493 e. The summed E-state index contributed by atoms with van der Waals surface area (Å²) in [7, 11) is 0. The van der Waals surface area contributed by atoms with Crippen molar-refractivity contribution < 1.29 is 28.5 Å². The van der Waals surface area contributed by atoms with E-state index in [2.05, 4.69) is 0 Å². The van der Waals surface area contributed by atoms with Crippen molar-refractivity contribution in [2.75, 3.05) is 13.2 Å². The summed E-state index contributed by atoms with van der Waals surface area (Å²) in [4.78, 5) is 24.3. The van der Waals surface area contributed by atoms with E-state index in [1.807, 2.05) is 13.8 Å². The topological polar surface area (TPSA) is 71.1 Å². The van der Waals surface area contributed by atoms with Gasteiger partial charge in [-0.25, -0.2) is 4.79 Å². The van der Waals surface area contributed by atoms with Crippen LogP contribution in [0.25, 0.3) is 0 Å². The summed E-state index contributed by atoms with van der Waals surface area (Å²) in [6, 6.07) is 3.60. The van der Waals surface area contributed by atoms with Crippen LogP contribution in [0, 0.1) is 19.8 Å². The number of Topliss-reactive ketones (excluding diaryl/α,β-unsaturated/α-hetero) is 1. The number of hydrogen-bond donors (Lipinski definition) is 0. The molecule has 7 heteroatoms. The van der Waals surface area contributed by atoms with Crippen molar-refractivity contribution >= 4 is 23.4 Å². The van der Waals surface area contributed by atoms with Crippen molar-refractivity contribution in [1.82, 2.24) is 0 Å². The highest BCUT2D eigenvalue weighted by Crippen LogP contribution is 2.35. The van der Waals surface area contributed by atoms with Crippen molar-refractivity contribution in [3.05, 3.63) is 40.3 Å². The van der Waals surface area contributed by atoms with Crippen LogP contribution >= 0.6 is 11.6 Å². The number of halogens is 1. The van der Waals surface area contributed by atoms with Gasteiger partial charge in [0.15, 0.2) is 0 Å². The third kappa shape index (κ3) is 4.67. The second-order valence-corrected chi connectivity index (χ2v) is 7.53. The number of ketones is 1. The van der Waals surface area contributed by atoms with Crippen molar-refractivity contribution in [1.29, 1.82) is 0 Å². The molecular weight excluding hydrogens is 384 g/mol. The largest absolute Gasteiger partial charge is 0.493 e. The highest BCUT2D eigenvalue weighted by Gasteiger charge is 2.41. The maximum Gasteiger partial charge on any atom is 0.332 e. The number of aryl methyl sites for hydroxylation is 2. The monoisotopic (exact) mass is 408 g/mol. The molecule has 0 bridgehead atoms. The molecule has 1 aliphatic carbocycles. The first-order chi connectivity index (χ1) is 13.4. The molecule has 1 fully saturated rings. The number of allylic oxidation sites excluding steroid dienone is 1. The van der Waals surface area contributed by atoms with Gasteiger partial charge in [0.05, 0.1) is 18.6 Å². The fourth-order valence-corrected chi connectivity index (χ4v) is 3.75. The Bertz CT molecular complexity index is 764. The number of fused-ring (bicyclic) bond motifs is 1. The predicted octanol–water partition coefficient (Wildman–Crippen LogP) is 3.89. The zero-order chi connectivity index (χ0) is 20.3. The Morgan fingerprint density at radius 1 is 1.25 bits per heavy atom. The van der Waals surface area contributed by atoms with E-state index in [0.717, 1.165) is 11.1 Å². The molecule has 2 aliphatic rings. The Balaban J connectivity index is 1.61. The average molecular weight is 409 g/mol. The van der Waals surface area contributed by atoms with E-state index < -0.39 is 0 Å². The van der Waals surface area contributed by atoms with Gasteiger partial charge < -0.3 is 18.9 Å². The van der Waals surface area contributed by atoms with E-state index in [9.17, 15) is 9.59 Å². The molecule has 0 amide bonds. The molecule has 0 N–H and O–H groups in total. The summed E-state index contributed by atoms with van der Waals surface area (Å²) in [5.41, 5.74) is 1.78. The Hall–Kier alpha value is -2.05. The maximum absolute atomic E-state index is 12.8. The molecule has 0 saturated heterocycles. The Kier molecular flexibility index (Phi) is 6.62. The second kappa shape index (κ2) is 8.97. The molecule has 3 unspecified atom stereocenters. The van der Waals surface area contributed by atoms with Crippen LogP contribution < -0.4 is 4.74 Å². The van der Waals surface area contributed by atoms with E-state index in [1.54, 1.807) is 19.1 Å².